The van der Waals surface area contributed by atoms with Crippen LogP contribution < -0.4 is 0 Å². The van der Waals surface area contributed by atoms with Crippen molar-refractivity contribution in [1.29, 1.82) is 0 Å². The van der Waals surface area contributed by atoms with Crippen molar-refractivity contribution >= 4 is 5.78 Å². The van der Waals surface area contributed by atoms with Gasteiger partial charge in [0, 0.05) is 11.8 Å². The molecule has 4 aliphatic rings. The van der Waals surface area contributed by atoms with Crippen LogP contribution in [0.4, 0.5) is 0 Å². The molecule has 4 rings (SSSR count). The lowest BCUT2D eigenvalue weighted by molar-refractivity contribution is -0.127. The summed E-state index contributed by atoms with van der Waals surface area (Å²) in [6.07, 6.45) is 12.1. The van der Waals surface area contributed by atoms with Crippen molar-refractivity contribution in [2.24, 2.45) is 28.6 Å². The van der Waals surface area contributed by atoms with Crippen molar-refractivity contribution in [2.75, 3.05) is 0 Å². The summed E-state index contributed by atoms with van der Waals surface area (Å²) in [5, 5.41) is 10.6. The molecule has 0 amide bonds. The highest BCUT2D eigenvalue weighted by Gasteiger charge is 2.56. The molecule has 0 heterocycles. The summed E-state index contributed by atoms with van der Waals surface area (Å²) in [6.45, 7) is 6.73. The molecule has 3 saturated carbocycles. The number of rotatable bonds is 0. The molecule has 0 saturated heterocycles. The average molecular weight is 316 g/mol. The standard InChI is InChI=1S/C21H32O2/c1-19(23)11-12-20(2)14(13-19)5-4-6-15-16-7-8-18(22)21(16,3)10-9-17(15)20/h9,14-16,23H,4-8,10-13H2,1-3H3/t14-,15+,16-,19+,20-,21-/m0/s1. The van der Waals surface area contributed by atoms with Gasteiger partial charge in [-0.2, -0.15) is 0 Å². The van der Waals surface area contributed by atoms with Crippen molar-refractivity contribution in [3.8, 4) is 0 Å². The number of hydrogen-bond donors (Lipinski definition) is 1. The van der Waals surface area contributed by atoms with Crippen LogP contribution in [0.1, 0.15) is 78.6 Å². The summed E-state index contributed by atoms with van der Waals surface area (Å²) in [6, 6.07) is 0. The molecule has 0 radical (unpaired) electrons. The van der Waals surface area contributed by atoms with E-state index in [9.17, 15) is 9.90 Å². The Labute approximate surface area is 140 Å². The molecular formula is C21H32O2. The molecule has 0 aliphatic heterocycles. The first-order valence-electron chi connectivity index (χ1n) is 9.72. The van der Waals surface area contributed by atoms with Crippen LogP contribution in [-0.4, -0.2) is 16.5 Å². The maximum Gasteiger partial charge on any atom is 0.139 e. The zero-order chi connectivity index (χ0) is 16.5. The van der Waals surface area contributed by atoms with E-state index in [1.165, 1.54) is 19.3 Å². The lowest BCUT2D eigenvalue weighted by atomic mass is 9.53. The molecular weight excluding hydrogens is 284 g/mol. The summed E-state index contributed by atoms with van der Waals surface area (Å²) < 4.78 is 0. The van der Waals surface area contributed by atoms with Gasteiger partial charge in [0.2, 0.25) is 0 Å². The van der Waals surface area contributed by atoms with Gasteiger partial charge >= 0.3 is 0 Å². The van der Waals surface area contributed by atoms with Crippen molar-refractivity contribution in [2.45, 2.75) is 84.2 Å². The van der Waals surface area contributed by atoms with Crippen molar-refractivity contribution in [3.05, 3.63) is 11.6 Å². The van der Waals surface area contributed by atoms with Crippen LogP contribution in [0.5, 0.6) is 0 Å². The number of carbonyl (C=O) groups excluding carboxylic acids is 1. The van der Waals surface area contributed by atoms with Gasteiger partial charge in [0.25, 0.3) is 0 Å². The number of ketones is 1. The van der Waals surface area contributed by atoms with Crippen LogP contribution in [0.3, 0.4) is 0 Å². The Kier molecular flexibility index (Phi) is 3.41. The first-order valence-corrected chi connectivity index (χ1v) is 9.72. The first kappa shape index (κ1) is 15.9. The minimum Gasteiger partial charge on any atom is -0.390 e. The molecule has 0 aromatic carbocycles. The van der Waals surface area contributed by atoms with Gasteiger partial charge in [-0.15, -0.1) is 0 Å². The van der Waals surface area contributed by atoms with Crippen molar-refractivity contribution in [3.63, 3.8) is 0 Å². The van der Waals surface area contributed by atoms with E-state index in [2.05, 4.69) is 19.9 Å². The lowest BCUT2D eigenvalue weighted by Gasteiger charge is -2.52. The molecule has 0 bridgehead atoms. The van der Waals surface area contributed by atoms with Gasteiger partial charge in [-0.1, -0.05) is 31.9 Å². The molecule has 0 spiro atoms. The predicted octanol–water partition coefficient (Wildman–Crippen LogP) is 4.66. The number of Topliss-reactive ketones (excluding diaryl/α,β-unsaturated/α-hetero) is 1. The second-order valence-electron chi connectivity index (χ2n) is 9.70. The molecule has 0 aromatic heterocycles. The zero-order valence-corrected chi connectivity index (χ0v) is 15.0. The van der Waals surface area contributed by atoms with E-state index in [1.54, 1.807) is 5.57 Å². The summed E-state index contributed by atoms with van der Waals surface area (Å²) in [4.78, 5) is 12.5. The molecule has 2 heteroatoms. The topological polar surface area (TPSA) is 37.3 Å². The van der Waals surface area contributed by atoms with Gasteiger partial charge in [0.05, 0.1) is 5.60 Å². The molecule has 1 N–H and O–H groups in total. The fourth-order valence-corrected chi connectivity index (χ4v) is 6.69. The maximum atomic E-state index is 12.5. The van der Waals surface area contributed by atoms with E-state index in [0.717, 1.165) is 38.5 Å². The Hall–Kier alpha value is -0.630. The monoisotopic (exact) mass is 316 g/mol. The van der Waals surface area contributed by atoms with E-state index >= 15 is 0 Å². The van der Waals surface area contributed by atoms with Gasteiger partial charge in [-0.05, 0) is 75.0 Å². The molecule has 2 nitrogen and oxygen atoms in total. The SMILES string of the molecule is C[C@@]1(O)CC[C@]2(C)C3=CC[C@]4(C)C(=O)CC[C@H]4[C@H]3CCC[C@H]2C1. The Bertz CT molecular complexity index is 560. The first-order chi connectivity index (χ1) is 10.8. The third kappa shape index (κ3) is 2.20. The van der Waals surface area contributed by atoms with Gasteiger partial charge in [-0.25, -0.2) is 0 Å². The molecule has 3 fully saturated rings. The minimum atomic E-state index is -0.475. The molecule has 6 atom stereocenters. The quantitative estimate of drug-likeness (QED) is 0.660. The highest BCUT2D eigenvalue weighted by molar-refractivity contribution is 5.87. The number of fused-ring (bicyclic) bond motifs is 5. The second-order valence-corrected chi connectivity index (χ2v) is 9.70. The highest BCUT2D eigenvalue weighted by Crippen LogP contribution is 2.62. The highest BCUT2D eigenvalue weighted by atomic mass is 16.3. The minimum absolute atomic E-state index is 0.0788. The Morgan fingerprint density at radius 1 is 1.09 bits per heavy atom. The van der Waals surface area contributed by atoms with Gasteiger partial charge in [0.1, 0.15) is 5.78 Å². The Balaban J connectivity index is 1.73. The lowest BCUT2D eigenvalue weighted by Crippen LogP contribution is -2.46. The number of aliphatic hydroxyl groups is 1. The second kappa shape index (κ2) is 4.94. The van der Waals surface area contributed by atoms with Gasteiger partial charge in [-0.3, -0.25) is 4.79 Å². The normalized spacial score (nSPS) is 53.0. The van der Waals surface area contributed by atoms with Gasteiger partial charge < -0.3 is 5.11 Å². The summed E-state index contributed by atoms with van der Waals surface area (Å²) in [5.74, 6) is 2.32. The largest absolute Gasteiger partial charge is 0.390 e. The smallest absolute Gasteiger partial charge is 0.139 e. The number of allylic oxidation sites excluding steroid dienone is 2. The summed E-state index contributed by atoms with van der Waals surface area (Å²) >= 11 is 0. The van der Waals surface area contributed by atoms with E-state index in [0.29, 0.717) is 23.5 Å². The van der Waals surface area contributed by atoms with Crippen molar-refractivity contribution < 1.29 is 9.90 Å². The summed E-state index contributed by atoms with van der Waals surface area (Å²) in [5.41, 5.74) is 1.38. The molecule has 0 unspecified atom stereocenters. The molecule has 0 aromatic rings. The molecule has 23 heavy (non-hydrogen) atoms. The van der Waals surface area contributed by atoms with E-state index in [4.69, 9.17) is 0 Å². The van der Waals surface area contributed by atoms with Crippen LogP contribution >= 0.6 is 0 Å². The maximum absolute atomic E-state index is 12.5. The van der Waals surface area contributed by atoms with Crippen LogP contribution in [0.25, 0.3) is 0 Å². The van der Waals surface area contributed by atoms with E-state index in [-0.39, 0.29) is 10.8 Å². The summed E-state index contributed by atoms with van der Waals surface area (Å²) in [7, 11) is 0. The third-order valence-electron chi connectivity index (χ3n) is 8.27. The van der Waals surface area contributed by atoms with Crippen LogP contribution in [0.15, 0.2) is 11.6 Å². The molecule has 4 aliphatic carbocycles. The van der Waals surface area contributed by atoms with Crippen LogP contribution in [0, 0.1) is 28.6 Å². The Morgan fingerprint density at radius 2 is 1.87 bits per heavy atom. The predicted molar refractivity (Wildman–Crippen MR) is 92.0 cm³/mol. The van der Waals surface area contributed by atoms with Crippen LogP contribution in [0.2, 0.25) is 0 Å². The van der Waals surface area contributed by atoms with Gasteiger partial charge in [0.15, 0.2) is 0 Å². The third-order valence-corrected chi connectivity index (χ3v) is 8.27. The fraction of sp³-hybridized carbons (Fsp3) is 0.857. The molecule has 128 valence electrons. The van der Waals surface area contributed by atoms with Crippen LogP contribution in [-0.2, 0) is 4.79 Å². The average Bonchev–Trinajstić information content (AvgIpc) is 2.70. The number of hydrogen-bond acceptors (Lipinski definition) is 2. The Morgan fingerprint density at radius 3 is 2.65 bits per heavy atom. The number of carbonyl (C=O) groups is 1. The van der Waals surface area contributed by atoms with Crippen molar-refractivity contribution in [1.82, 2.24) is 0 Å². The van der Waals surface area contributed by atoms with E-state index in [1.807, 2.05) is 6.92 Å². The fourth-order valence-electron chi connectivity index (χ4n) is 6.69. The van der Waals surface area contributed by atoms with E-state index < -0.39 is 5.60 Å². The zero-order valence-electron chi connectivity index (χ0n) is 15.0.